The number of rotatable bonds is 8. The van der Waals surface area contributed by atoms with E-state index in [-0.39, 0.29) is 17.3 Å². The van der Waals surface area contributed by atoms with Crippen LogP contribution in [0.5, 0.6) is 0 Å². The number of benzene rings is 1. The highest BCUT2D eigenvalue weighted by Crippen LogP contribution is 2.38. The first-order valence-corrected chi connectivity index (χ1v) is 11.9. The third-order valence-corrected chi connectivity index (χ3v) is 7.38. The lowest BCUT2D eigenvalue weighted by Crippen LogP contribution is -2.21. The van der Waals surface area contributed by atoms with Gasteiger partial charge in [0.05, 0.1) is 11.3 Å². The lowest BCUT2D eigenvalue weighted by atomic mass is 9.95. The Labute approximate surface area is 187 Å². The van der Waals surface area contributed by atoms with Gasteiger partial charge < -0.3 is 11.1 Å². The van der Waals surface area contributed by atoms with E-state index in [0.29, 0.717) is 28.7 Å². The van der Waals surface area contributed by atoms with Gasteiger partial charge in [-0.15, -0.1) is 16.4 Å². The lowest BCUT2D eigenvalue weighted by Gasteiger charge is -2.11. The van der Waals surface area contributed by atoms with Gasteiger partial charge in [-0.1, -0.05) is 42.1 Å². The second-order valence-corrected chi connectivity index (χ2v) is 9.36. The number of fused-ring (bicyclic) bond motifs is 1. The van der Waals surface area contributed by atoms with Crippen molar-refractivity contribution in [2.45, 2.75) is 43.8 Å². The lowest BCUT2D eigenvalue weighted by molar-refractivity contribution is -0.113. The molecule has 0 unspecified atom stereocenters. The van der Waals surface area contributed by atoms with E-state index in [1.54, 1.807) is 0 Å². The van der Waals surface area contributed by atoms with Gasteiger partial charge in [0, 0.05) is 11.4 Å². The maximum Gasteiger partial charge on any atom is 0.343 e. The third kappa shape index (κ3) is 4.91. The van der Waals surface area contributed by atoms with Crippen molar-refractivity contribution in [3.63, 3.8) is 0 Å². The van der Waals surface area contributed by atoms with Gasteiger partial charge in [-0.3, -0.25) is 14.2 Å². The number of aromatic nitrogens is 3. The Morgan fingerprint density at radius 3 is 2.77 bits per heavy atom. The molecule has 0 aliphatic heterocycles. The van der Waals surface area contributed by atoms with Crippen molar-refractivity contribution in [2.75, 3.05) is 11.1 Å². The Kier molecular flexibility index (Phi) is 6.57. The summed E-state index contributed by atoms with van der Waals surface area (Å²) >= 11 is 2.61. The van der Waals surface area contributed by atoms with Crippen LogP contribution in [0.15, 0.2) is 40.3 Å². The number of carbonyl (C=O) groups excluding carboxylic acids is 2. The molecular weight excluding hydrogens is 434 g/mol. The Morgan fingerprint density at radius 1 is 1.23 bits per heavy atom. The maximum absolute atomic E-state index is 12.6. The molecule has 2 amide bonds. The largest absolute Gasteiger partial charge is 0.365 e. The molecule has 0 spiro atoms. The van der Waals surface area contributed by atoms with Gasteiger partial charge in [0.25, 0.3) is 5.91 Å². The number of aromatic amines is 1. The number of primary amides is 1. The summed E-state index contributed by atoms with van der Waals surface area (Å²) in [4.78, 5) is 37.8. The highest BCUT2D eigenvalue weighted by atomic mass is 32.2. The number of hydrogen-bond donors (Lipinski definition) is 3. The van der Waals surface area contributed by atoms with Crippen LogP contribution in [0.25, 0.3) is 0 Å². The van der Waals surface area contributed by atoms with E-state index in [1.807, 2.05) is 30.3 Å². The number of nitrogens with zero attached hydrogens (tertiary/aromatic N) is 2. The van der Waals surface area contributed by atoms with Gasteiger partial charge in [0.1, 0.15) is 5.00 Å². The summed E-state index contributed by atoms with van der Waals surface area (Å²) in [6.07, 6.45) is 4.51. The van der Waals surface area contributed by atoms with Crippen LogP contribution < -0.4 is 16.7 Å². The number of amides is 2. The SMILES string of the molecule is NC(=O)c1c(NC(=O)CSc2n[nH]c(=O)n2CCc2ccccc2)sc2c1CCCC2. The van der Waals surface area contributed by atoms with Crippen LogP contribution in [0.3, 0.4) is 0 Å². The standard InChI is InChI=1S/C21H23N5O3S2/c22-18(28)17-14-8-4-5-9-15(14)31-19(17)23-16(27)12-30-21-25-24-20(29)26(21)11-10-13-6-2-1-3-7-13/h1-3,6-7H,4-5,8-12H2,(H2,22,28)(H,23,27)(H,24,29). The zero-order chi connectivity index (χ0) is 21.8. The van der Waals surface area contributed by atoms with E-state index in [0.717, 1.165) is 41.7 Å². The fourth-order valence-corrected chi connectivity index (χ4v) is 5.79. The topological polar surface area (TPSA) is 123 Å². The molecule has 1 aliphatic rings. The number of thiophene rings is 1. The molecule has 1 aliphatic carbocycles. The number of aryl methyl sites for hydroxylation is 2. The normalized spacial score (nSPS) is 13.0. The molecule has 162 valence electrons. The molecule has 4 N–H and O–H groups in total. The maximum atomic E-state index is 12.6. The summed E-state index contributed by atoms with van der Waals surface area (Å²) in [5.41, 5.74) is 7.82. The minimum absolute atomic E-state index is 0.0659. The molecule has 0 atom stereocenters. The van der Waals surface area contributed by atoms with Crippen LogP contribution in [0.1, 0.15) is 39.2 Å². The Bertz CT molecular complexity index is 1150. The highest BCUT2D eigenvalue weighted by Gasteiger charge is 2.25. The average molecular weight is 458 g/mol. The molecule has 4 rings (SSSR count). The summed E-state index contributed by atoms with van der Waals surface area (Å²) in [5.74, 6) is -0.711. The third-order valence-electron chi connectivity index (χ3n) is 5.19. The molecule has 31 heavy (non-hydrogen) atoms. The van der Waals surface area contributed by atoms with E-state index in [1.165, 1.54) is 27.7 Å². The summed E-state index contributed by atoms with van der Waals surface area (Å²) in [7, 11) is 0. The summed E-state index contributed by atoms with van der Waals surface area (Å²) in [6.45, 7) is 0.465. The quantitative estimate of drug-likeness (QED) is 0.449. The first-order chi connectivity index (χ1) is 15.0. The van der Waals surface area contributed by atoms with Gasteiger partial charge >= 0.3 is 5.69 Å². The van der Waals surface area contributed by atoms with Crippen molar-refractivity contribution in [1.82, 2.24) is 14.8 Å². The molecular formula is C21H23N5O3S2. The Balaban J connectivity index is 1.40. The molecule has 0 saturated carbocycles. The number of nitrogens with one attached hydrogen (secondary N) is 2. The van der Waals surface area contributed by atoms with E-state index >= 15 is 0 Å². The zero-order valence-corrected chi connectivity index (χ0v) is 18.5. The molecule has 3 aromatic rings. The second kappa shape index (κ2) is 9.52. The van der Waals surface area contributed by atoms with Crippen LogP contribution in [0.2, 0.25) is 0 Å². The highest BCUT2D eigenvalue weighted by molar-refractivity contribution is 7.99. The Hall–Kier alpha value is -2.85. The van der Waals surface area contributed by atoms with Crippen molar-refractivity contribution in [3.05, 3.63) is 62.4 Å². The number of nitrogens with two attached hydrogens (primary N) is 1. The molecule has 0 saturated heterocycles. The monoisotopic (exact) mass is 457 g/mol. The first kappa shape index (κ1) is 21.4. The molecule has 0 fully saturated rings. The molecule has 8 nitrogen and oxygen atoms in total. The zero-order valence-electron chi connectivity index (χ0n) is 16.8. The van der Waals surface area contributed by atoms with Crippen LogP contribution in [-0.2, 0) is 30.6 Å². The van der Waals surface area contributed by atoms with Crippen molar-refractivity contribution in [2.24, 2.45) is 5.73 Å². The van der Waals surface area contributed by atoms with Crippen molar-refractivity contribution in [3.8, 4) is 0 Å². The molecule has 2 heterocycles. The van der Waals surface area contributed by atoms with Gasteiger partial charge in [-0.05, 0) is 43.2 Å². The minimum atomic E-state index is -0.510. The van der Waals surface area contributed by atoms with E-state index < -0.39 is 5.91 Å². The predicted molar refractivity (Wildman–Crippen MR) is 122 cm³/mol. The molecule has 0 radical (unpaired) electrons. The van der Waals surface area contributed by atoms with E-state index in [9.17, 15) is 14.4 Å². The number of anilines is 1. The predicted octanol–water partition coefficient (Wildman–Crippen LogP) is 2.58. The Morgan fingerprint density at radius 2 is 2.00 bits per heavy atom. The second-order valence-electron chi connectivity index (χ2n) is 7.31. The number of thioether (sulfide) groups is 1. The fraction of sp³-hybridized carbons (Fsp3) is 0.333. The fourth-order valence-electron chi connectivity index (χ4n) is 3.70. The molecule has 1 aromatic carbocycles. The van der Waals surface area contributed by atoms with Crippen LogP contribution >= 0.6 is 23.1 Å². The summed E-state index contributed by atoms with van der Waals surface area (Å²) < 4.78 is 1.53. The number of carbonyl (C=O) groups is 2. The van der Waals surface area contributed by atoms with Gasteiger partial charge in [-0.2, -0.15) is 0 Å². The minimum Gasteiger partial charge on any atom is -0.365 e. The van der Waals surface area contributed by atoms with Crippen LogP contribution in [0, 0.1) is 0 Å². The van der Waals surface area contributed by atoms with Crippen LogP contribution in [-0.4, -0.2) is 32.3 Å². The number of hydrogen-bond acceptors (Lipinski definition) is 6. The van der Waals surface area contributed by atoms with Crippen LogP contribution in [0.4, 0.5) is 5.00 Å². The van der Waals surface area contributed by atoms with Gasteiger partial charge in [-0.25, -0.2) is 9.89 Å². The van der Waals surface area contributed by atoms with Gasteiger partial charge in [0.15, 0.2) is 5.16 Å². The molecule has 10 heteroatoms. The summed E-state index contributed by atoms with van der Waals surface area (Å²) in [6, 6.07) is 9.86. The van der Waals surface area contributed by atoms with E-state index in [2.05, 4.69) is 15.5 Å². The van der Waals surface area contributed by atoms with Crippen molar-refractivity contribution in [1.29, 1.82) is 0 Å². The number of H-pyrrole nitrogens is 1. The molecule has 0 bridgehead atoms. The molecule has 2 aromatic heterocycles. The van der Waals surface area contributed by atoms with Crippen molar-refractivity contribution >= 4 is 39.9 Å². The van der Waals surface area contributed by atoms with Crippen molar-refractivity contribution < 1.29 is 9.59 Å². The summed E-state index contributed by atoms with van der Waals surface area (Å²) in [5, 5.41) is 10.3. The van der Waals surface area contributed by atoms with E-state index in [4.69, 9.17) is 5.73 Å². The first-order valence-electron chi connectivity index (χ1n) is 10.1. The average Bonchev–Trinajstić information content (AvgIpc) is 3.31. The van der Waals surface area contributed by atoms with Gasteiger partial charge in [0.2, 0.25) is 5.91 Å². The smallest absolute Gasteiger partial charge is 0.343 e.